The molecule has 0 radical (unpaired) electrons. The lowest BCUT2D eigenvalue weighted by Crippen LogP contribution is -2.36. The zero-order valence-electron chi connectivity index (χ0n) is 11.1. The van der Waals surface area contributed by atoms with Gasteiger partial charge in [-0.05, 0) is 38.8 Å². The molecule has 18 heavy (non-hydrogen) atoms. The smallest absolute Gasteiger partial charge is 0.124 e. The zero-order chi connectivity index (χ0) is 12.6. The Morgan fingerprint density at radius 2 is 1.89 bits per heavy atom. The van der Waals surface area contributed by atoms with Crippen LogP contribution in [0.5, 0.6) is 5.75 Å². The van der Waals surface area contributed by atoms with Crippen molar-refractivity contribution < 1.29 is 4.74 Å². The molecule has 2 aliphatic rings. The van der Waals surface area contributed by atoms with Gasteiger partial charge in [-0.3, -0.25) is 0 Å². The molecule has 1 saturated carbocycles. The van der Waals surface area contributed by atoms with Crippen LogP contribution in [0.2, 0.25) is 0 Å². The Hall–Kier alpha value is -1.06. The van der Waals surface area contributed by atoms with Gasteiger partial charge >= 0.3 is 0 Å². The molecule has 1 aromatic rings. The summed E-state index contributed by atoms with van der Waals surface area (Å²) in [5.41, 5.74) is 7.40. The molecule has 0 aromatic heterocycles. The quantitative estimate of drug-likeness (QED) is 0.887. The van der Waals surface area contributed by atoms with Crippen molar-refractivity contribution in [1.29, 1.82) is 0 Å². The number of piperidine rings is 1. The van der Waals surface area contributed by atoms with Crippen molar-refractivity contribution in [2.45, 2.75) is 37.3 Å². The number of nitrogens with zero attached hydrogens (tertiary/aromatic N) is 1. The highest BCUT2D eigenvalue weighted by molar-refractivity contribution is 5.42. The van der Waals surface area contributed by atoms with Gasteiger partial charge in [0.2, 0.25) is 0 Å². The van der Waals surface area contributed by atoms with E-state index in [9.17, 15) is 0 Å². The van der Waals surface area contributed by atoms with Crippen molar-refractivity contribution in [2.75, 3.05) is 20.1 Å². The molecule has 3 nitrogen and oxygen atoms in total. The Morgan fingerprint density at radius 1 is 1.22 bits per heavy atom. The molecule has 0 amide bonds. The SMILES string of the molecule is CN1CCC(Oc2ccccc2C2(N)CC2)CC1. The van der Waals surface area contributed by atoms with E-state index in [4.69, 9.17) is 10.5 Å². The maximum Gasteiger partial charge on any atom is 0.124 e. The number of benzene rings is 1. The van der Waals surface area contributed by atoms with E-state index in [-0.39, 0.29) is 5.54 Å². The van der Waals surface area contributed by atoms with Crippen LogP contribution in [0.1, 0.15) is 31.2 Å². The Kier molecular flexibility index (Phi) is 3.04. The van der Waals surface area contributed by atoms with Crippen LogP contribution in [0.15, 0.2) is 24.3 Å². The lowest BCUT2D eigenvalue weighted by molar-refractivity contribution is 0.113. The number of rotatable bonds is 3. The van der Waals surface area contributed by atoms with Gasteiger partial charge in [0.15, 0.2) is 0 Å². The van der Waals surface area contributed by atoms with Gasteiger partial charge in [0, 0.05) is 24.2 Å². The third-order valence-corrected chi connectivity index (χ3v) is 4.17. The first-order valence-electron chi connectivity index (χ1n) is 6.91. The zero-order valence-corrected chi connectivity index (χ0v) is 11.1. The lowest BCUT2D eigenvalue weighted by Gasteiger charge is -2.30. The molecular formula is C15H22N2O. The first-order chi connectivity index (χ1) is 8.67. The van der Waals surface area contributed by atoms with Gasteiger partial charge in [0.05, 0.1) is 0 Å². The summed E-state index contributed by atoms with van der Waals surface area (Å²) in [4.78, 5) is 2.36. The summed E-state index contributed by atoms with van der Waals surface area (Å²) in [5, 5.41) is 0. The number of ether oxygens (including phenoxy) is 1. The minimum absolute atomic E-state index is 0.109. The van der Waals surface area contributed by atoms with E-state index < -0.39 is 0 Å². The number of nitrogens with two attached hydrogens (primary N) is 1. The summed E-state index contributed by atoms with van der Waals surface area (Å²) in [5.74, 6) is 1.01. The van der Waals surface area contributed by atoms with Crippen molar-refractivity contribution in [2.24, 2.45) is 5.73 Å². The van der Waals surface area contributed by atoms with E-state index in [0.29, 0.717) is 6.10 Å². The molecule has 1 aliphatic heterocycles. The average Bonchev–Trinajstić information content (AvgIpc) is 3.12. The number of hydrogen-bond acceptors (Lipinski definition) is 3. The van der Waals surface area contributed by atoms with Crippen LogP contribution in [0.3, 0.4) is 0 Å². The second-order valence-corrected chi connectivity index (χ2v) is 5.77. The van der Waals surface area contributed by atoms with Crippen LogP contribution in [0, 0.1) is 0 Å². The number of para-hydroxylation sites is 1. The van der Waals surface area contributed by atoms with E-state index in [1.54, 1.807) is 0 Å². The molecule has 3 rings (SSSR count). The molecular weight excluding hydrogens is 224 g/mol. The Bertz CT molecular complexity index is 420. The summed E-state index contributed by atoms with van der Waals surface area (Å²) >= 11 is 0. The second-order valence-electron chi connectivity index (χ2n) is 5.77. The molecule has 0 spiro atoms. The molecule has 1 aliphatic carbocycles. The van der Waals surface area contributed by atoms with Crippen LogP contribution in [-0.2, 0) is 5.54 Å². The molecule has 0 atom stereocenters. The molecule has 1 heterocycles. The van der Waals surface area contributed by atoms with Crippen molar-refractivity contribution in [3.05, 3.63) is 29.8 Å². The van der Waals surface area contributed by atoms with Gasteiger partial charge in [-0.1, -0.05) is 18.2 Å². The van der Waals surface area contributed by atoms with E-state index in [0.717, 1.165) is 44.5 Å². The Morgan fingerprint density at radius 3 is 2.56 bits per heavy atom. The van der Waals surface area contributed by atoms with Crippen molar-refractivity contribution in [3.8, 4) is 5.75 Å². The highest BCUT2D eigenvalue weighted by Gasteiger charge is 2.42. The third-order valence-electron chi connectivity index (χ3n) is 4.17. The highest BCUT2D eigenvalue weighted by atomic mass is 16.5. The summed E-state index contributed by atoms with van der Waals surface area (Å²) < 4.78 is 6.19. The summed E-state index contributed by atoms with van der Waals surface area (Å²) in [6, 6.07) is 8.29. The molecule has 0 bridgehead atoms. The fraction of sp³-hybridized carbons (Fsp3) is 0.600. The maximum absolute atomic E-state index is 6.31. The second kappa shape index (κ2) is 4.56. The van der Waals surface area contributed by atoms with Crippen LogP contribution >= 0.6 is 0 Å². The van der Waals surface area contributed by atoms with Crippen molar-refractivity contribution in [1.82, 2.24) is 4.90 Å². The minimum Gasteiger partial charge on any atom is -0.490 e. The molecule has 2 fully saturated rings. The van der Waals surface area contributed by atoms with E-state index in [2.05, 4.69) is 30.1 Å². The summed E-state index contributed by atoms with van der Waals surface area (Å²) in [6.45, 7) is 2.25. The monoisotopic (exact) mass is 246 g/mol. The van der Waals surface area contributed by atoms with E-state index in [1.807, 2.05) is 6.07 Å². The van der Waals surface area contributed by atoms with E-state index in [1.165, 1.54) is 5.56 Å². The van der Waals surface area contributed by atoms with Crippen LogP contribution in [0.25, 0.3) is 0 Å². The highest BCUT2D eigenvalue weighted by Crippen LogP contribution is 2.46. The van der Waals surface area contributed by atoms with Gasteiger partial charge in [-0.15, -0.1) is 0 Å². The van der Waals surface area contributed by atoms with Crippen molar-refractivity contribution >= 4 is 0 Å². The number of likely N-dealkylation sites (tertiary alicyclic amines) is 1. The van der Waals surface area contributed by atoms with Gasteiger partial charge in [-0.2, -0.15) is 0 Å². The summed E-state index contributed by atoms with van der Waals surface area (Å²) in [6.07, 6.45) is 4.75. The normalized spacial score (nSPS) is 23.9. The lowest BCUT2D eigenvalue weighted by atomic mass is 10.0. The summed E-state index contributed by atoms with van der Waals surface area (Å²) in [7, 11) is 2.17. The van der Waals surface area contributed by atoms with Gasteiger partial charge in [-0.25, -0.2) is 0 Å². The molecule has 1 saturated heterocycles. The van der Waals surface area contributed by atoms with Crippen molar-refractivity contribution in [3.63, 3.8) is 0 Å². The predicted molar refractivity (Wildman–Crippen MR) is 72.7 cm³/mol. The topological polar surface area (TPSA) is 38.5 Å². The minimum atomic E-state index is -0.109. The van der Waals surface area contributed by atoms with Gasteiger partial charge in [0.25, 0.3) is 0 Å². The van der Waals surface area contributed by atoms with Crippen LogP contribution < -0.4 is 10.5 Å². The Balaban J connectivity index is 1.73. The molecule has 98 valence electrons. The molecule has 1 aromatic carbocycles. The molecule has 0 unspecified atom stereocenters. The van der Waals surface area contributed by atoms with Crippen LogP contribution in [-0.4, -0.2) is 31.1 Å². The molecule has 3 heteroatoms. The first-order valence-corrected chi connectivity index (χ1v) is 6.91. The van der Waals surface area contributed by atoms with Gasteiger partial charge < -0.3 is 15.4 Å². The average molecular weight is 246 g/mol. The van der Waals surface area contributed by atoms with Crippen LogP contribution in [0.4, 0.5) is 0 Å². The largest absolute Gasteiger partial charge is 0.490 e. The third kappa shape index (κ3) is 2.38. The number of hydrogen-bond donors (Lipinski definition) is 1. The molecule has 2 N–H and O–H groups in total. The van der Waals surface area contributed by atoms with E-state index >= 15 is 0 Å². The standard InChI is InChI=1S/C15H22N2O/c1-17-10-6-12(7-11-17)18-14-5-3-2-4-13(14)15(16)8-9-15/h2-5,12H,6-11,16H2,1H3. The fourth-order valence-electron chi connectivity index (χ4n) is 2.67. The fourth-order valence-corrected chi connectivity index (χ4v) is 2.67. The first kappa shape index (κ1) is 12.0. The maximum atomic E-state index is 6.31. The van der Waals surface area contributed by atoms with Gasteiger partial charge in [0.1, 0.15) is 11.9 Å². The predicted octanol–water partition coefficient (Wildman–Crippen LogP) is 2.11. The Labute approximate surface area is 109 Å².